The van der Waals surface area contributed by atoms with E-state index in [-0.39, 0.29) is 4.90 Å². The van der Waals surface area contributed by atoms with Gasteiger partial charge in [0.15, 0.2) is 0 Å². The lowest BCUT2D eigenvalue weighted by Crippen LogP contribution is -2.29. The molecule has 0 saturated heterocycles. The van der Waals surface area contributed by atoms with Gasteiger partial charge in [0.05, 0.1) is 10.9 Å². The van der Waals surface area contributed by atoms with Crippen LogP contribution < -0.4 is 10.5 Å². The second-order valence-electron chi connectivity index (χ2n) is 6.26. The molecule has 0 radical (unpaired) electrons. The lowest BCUT2D eigenvalue weighted by Gasteiger charge is -2.20. The molecule has 2 unspecified atom stereocenters. The smallest absolute Gasteiger partial charge is 0.241 e. The van der Waals surface area contributed by atoms with E-state index in [0.29, 0.717) is 18.0 Å². The van der Waals surface area contributed by atoms with Gasteiger partial charge in [0.2, 0.25) is 10.0 Å². The maximum Gasteiger partial charge on any atom is 0.241 e. The predicted molar refractivity (Wildman–Crippen MR) is 118 cm³/mol. The van der Waals surface area contributed by atoms with Crippen LogP contribution in [0.5, 0.6) is 0 Å². The fourth-order valence-corrected chi connectivity index (χ4v) is 4.71. The Morgan fingerprint density at radius 2 is 2.11 bits per heavy atom. The molecule has 0 saturated carbocycles. The van der Waals surface area contributed by atoms with E-state index in [9.17, 15) is 8.42 Å². The fourth-order valence-electron chi connectivity index (χ4n) is 2.69. The van der Waals surface area contributed by atoms with Gasteiger partial charge >= 0.3 is 0 Å². The van der Waals surface area contributed by atoms with Gasteiger partial charge in [-0.1, -0.05) is 51.6 Å². The minimum absolute atomic E-state index is 0.144. The number of aromatic nitrogens is 1. The van der Waals surface area contributed by atoms with Gasteiger partial charge in [0, 0.05) is 17.3 Å². The summed E-state index contributed by atoms with van der Waals surface area (Å²) in [5.41, 5.74) is 8.16. The quantitative estimate of drug-likeness (QED) is 0.658. The van der Waals surface area contributed by atoms with Crippen LogP contribution in [0, 0.1) is 5.92 Å². The van der Waals surface area contributed by atoms with Crippen LogP contribution in [0.3, 0.4) is 0 Å². The first-order chi connectivity index (χ1) is 13.3. The molecular formula is C21H27N3O2S2. The molecular weight excluding hydrogens is 390 g/mol. The molecule has 3 rings (SSSR count). The Kier molecular flexibility index (Phi) is 7.74. The number of nitrogens with two attached hydrogens (primary N) is 1. The number of thiazole rings is 1. The van der Waals surface area contributed by atoms with Crippen molar-refractivity contribution in [3.8, 4) is 0 Å². The molecule has 1 heterocycles. The van der Waals surface area contributed by atoms with Gasteiger partial charge in [-0.05, 0) is 41.7 Å². The Hall–Kier alpha value is -2.22. The summed E-state index contributed by atoms with van der Waals surface area (Å²) >= 11 is 1.42. The third-order valence-corrected chi connectivity index (χ3v) is 6.57. The normalized spacial score (nSPS) is 17.5. The van der Waals surface area contributed by atoms with Crippen LogP contribution in [0.4, 0.5) is 5.69 Å². The highest BCUT2D eigenvalue weighted by Crippen LogP contribution is 2.30. The Bertz CT molecular complexity index is 961. The topological polar surface area (TPSA) is 85.1 Å². The van der Waals surface area contributed by atoms with Gasteiger partial charge in [-0.2, -0.15) is 0 Å². The zero-order valence-corrected chi connectivity index (χ0v) is 18.1. The van der Waals surface area contributed by atoms with Crippen molar-refractivity contribution < 1.29 is 8.42 Å². The highest BCUT2D eigenvalue weighted by atomic mass is 32.2. The van der Waals surface area contributed by atoms with Crippen molar-refractivity contribution in [3.63, 3.8) is 0 Å². The number of sulfonamides is 1. The Morgan fingerprint density at radius 3 is 2.71 bits per heavy atom. The number of nitrogen functional groups attached to an aromatic ring is 1. The van der Waals surface area contributed by atoms with Crippen molar-refractivity contribution >= 4 is 27.0 Å². The second-order valence-corrected chi connectivity index (χ2v) is 8.90. The van der Waals surface area contributed by atoms with Crippen molar-refractivity contribution in [1.29, 1.82) is 0 Å². The number of benzene rings is 1. The first kappa shape index (κ1) is 22.1. The van der Waals surface area contributed by atoms with Gasteiger partial charge < -0.3 is 5.73 Å². The average Bonchev–Trinajstić information content (AvgIpc) is 3.20. The van der Waals surface area contributed by atoms with Crippen LogP contribution in [-0.4, -0.2) is 13.4 Å². The van der Waals surface area contributed by atoms with Crippen molar-refractivity contribution in [2.75, 3.05) is 5.73 Å². The molecule has 28 heavy (non-hydrogen) atoms. The van der Waals surface area contributed by atoms with E-state index in [4.69, 9.17) is 5.73 Å². The van der Waals surface area contributed by atoms with Crippen molar-refractivity contribution in [2.45, 2.75) is 38.1 Å². The van der Waals surface area contributed by atoms with Crippen molar-refractivity contribution in [3.05, 3.63) is 76.8 Å². The third-order valence-electron chi connectivity index (χ3n) is 4.21. The van der Waals surface area contributed by atoms with E-state index in [0.717, 1.165) is 16.2 Å². The van der Waals surface area contributed by atoms with Crippen LogP contribution in [0.1, 0.15) is 38.2 Å². The van der Waals surface area contributed by atoms with Crippen molar-refractivity contribution in [1.82, 2.24) is 9.71 Å². The molecule has 2 aromatic rings. The zero-order chi connectivity index (χ0) is 20.7. The highest BCUT2D eigenvalue weighted by Gasteiger charge is 2.24. The SMILES string of the molecule is C=C1C=C(CC(NS(=O)(=O)c2cccc(N)c2)c2nccs2)C=CC1C.CC. The molecule has 0 fully saturated rings. The minimum atomic E-state index is -3.72. The second kappa shape index (κ2) is 9.82. The largest absolute Gasteiger partial charge is 0.399 e. The number of allylic oxidation sites excluding steroid dienone is 4. The molecule has 0 bridgehead atoms. The summed E-state index contributed by atoms with van der Waals surface area (Å²) in [7, 11) is -3.72. The first-order valence-corrected chi connectivity index (χ1v) is 11.6. The molecule has 0 amide bonds. The van der Waals surface area contributed by atoms with E-state index in [1.807, 2.05) is 31.4 Å². The van der Waals surface area contributed by atoms with E-state index in [1.54, 1.807) is 18.3 Å². The van der Waals surface area contributed by atoms with Gasteiger partial charge in [-0.25, -0.2) is 18.1 Å². The summed E-state index contributed by atoms with van der Waals surface area (Å²) in [6.45, 7) is 10.1. The Morgan fingerprint density at radius 1 is 1.36 bits per heavy atom. The zero-order valence-electron chi connectivity index (χ0n) is 16.4. The lowest BCUT2D eigenvalue weighted by atomic mass is 9.91. The monoisotopic (exact) mass is 417 g/mol. The van der Waals surface area contributed by atoms with Crippen LogP contribution in [0.15, 0.2) is 76.7 Å². The number of hydrogen-bond donors (Lipinski definition) is 2. The molecule has 1 aromatic heterocycles. The maximum absolute atomic E-state index is 12.8. The summed E-state index contributed by atoms with van der Waals surface area (Å²) < 4.78 is 28.4. The van der Waals surface area contributed by atoms with Gasteiger partial charge in [0.1, 0.15) is 5.01 Å². The summed E-state index contributed by atoms with van der Waals surface area (Å²) in [5, 5.41) is 2.56. The molecule has 7 heteroatoms. The maximum atomic E-state index is 12.8. The fraction of sp³-hybridized carbons (Fsp3) is 0.286. The Balaban J connectivity index is 0.00000136. The van der Waals surface area contributed by atoms with E-state index < -0.39 is 16.1 Å². The lowest BCUT2D eigenvalue weighted by molar-refractivity contribution is 0.554. The number of rotatable bonds is 6. The number of anilines is 1. The minimum Gasteiger partial charge on any atom is -0.399 e. The first-order valence-electron chi connectivity index (χ1n) is 9.20. The van der Waals surface area contributed by atoms with Crippen molar-refractivity contribution in [2.24, 2.45) is 5.92 Å². The summed E-state index contributed by atoms with van der Waals surface area (Å²) in [6, 6.07) is 5.80. The predicted octanol–water partition coefficient (Wildman–Crippen LogP) is 4.85. The standard InChI is InChI=1S/C19H21N3O2S2.C2H6/c1-13-6-7-15(10-14(13)2)11-18(19-21-8-9-25-19)22-26(23,24)17-5-3-4-16(20)12-17;1-2/h3-10,12-13,18,22H,2,11,20H2,1H3;1-2H3. The van der Waals surface area contributed by atoms with E-state index in [2.05, 4.69) is 29.3 Å². The number of hydrogen-bond acceptors (Lipinski definition) is 5. The molecule has 150 valence electrons. The Labute approximate surface area is 171 Å². The molecule has 1 aromatic carbocycles. The van der Waals surface area contributed by atoms with Crippen LogP contribution in [-0.2, 0) is 10.0 Å². The number of nitrogens with one attached hydrogen (secondary N) is 1. The van der Waals surface area contributed by atoms with Crippen LogP contribution in [0.2, 0.25) is 0 Å². The van der Waals surface area contributed by atoms with Crippen LogP contribution in [0.25, 0.3) is 0 Å². The van der Waals surface area contributed by atoms with E-state index in [1.165, 1.54) is 23.5 Å². The van der Waals surface area contributed by atoms with Crippen LogP contribution >= 0.6 is 11.3 Å². The third kappa shape index (κ3) is 5.64. The van der Waals surface area contributed by atoms with Gasteiger partial charge in [-0.3, -0.25) is 0 Å². The van der Waals surface area contributed by atoms with E-state index >= 15 is 0 Å². The molecule has 0 aliphatic heterocycles. The summed E-state index contributed by atoms with van der Waals surface area (Å²) in [6.07, 6.45) is 8.28. The summed E-state index contributed by atoms with van der Waals surface area (Å²) in [4.78, 5) is 4.45. The molecule has 2 atom stereocenters. The summed E-state index contributed by atoms with van der Waals surface area (Å²) in [5.74, 6) is 0.293. The number of nitrogens with zero attached hydrogens (tertiary/aromatic N) is 1. The molecule has 5 nitrogen and oxygen atoms in total. The van der Waals surface area contributed by atoms with Gasteiger partial charge in [-0.15, -0.1) is 11.3 Å². The molecule has 3 N–H and O–H groups in total. The molecule has 1 aliphatic carbocycles. The average molecular weight is 418 g/mol. The molecule has 0 spiro atoms. The van der Waals surface area contributed by atoms with Gasteiger partial charge in [0.25, 0.3) is 0 Å². The highest BCUT2D eigenvalue weighted by molar-refractivity contribution is 7.89. The molecule has 1 aliphatic rings.